The summed E-state index contributed by atoms with van der Waals surface area (Å²) in [5, 5.41) is 7.11. The molecule has 2 heteroatoms. The van der Waals surface area contributed by atoms with Gasteiger partial charge in [0.05, 0.1) is 6.20 Å². The van der Waals surface area contributed by atoms with Crippen molar-refractivity contribution in [2.45, 2.75) is 18.8 Å². The van der Waals surface area contributed by atoms with Crippen LogP contribution in [0.4, 0.5) is 0 Å². The van der Waals surface area contributed by atoms with E-state index < -0.39 is 0 Å². The Morgan fingerprint density at radius 2 is 2.00 bits per heavy atom. The number of nitrogens with one attached hydrogen (secondary N) is 1. The number of hydrogen-bond acceptors (Lipinski definition) is 1. The van der Waals surface area contributed by atoms with Gasteiger partial charge < -0.3 is 0 Å². The molecule has 14 heavy (non-hydrogen) atoms. The molecule has 0 fully saturated rings. The minimum Gasteiger partial charge on any atom is -0.282 e. The molecule has 1 aromatic carbocycles. The van der Waals surface area contributed by atoms with E-state index in [2.05, 4.69) is 40.5 Å². The molecule has 1 aromatic heterocycles. The maximum absolute atomic E-state index is 4.05. The van der Waals surface area contributed by atoms with Crippen LogP contribution in [-0.2, 0) is 12.8 Å². The molecule has 1 N–H and O–H groups in total. The third-order valence-electron chi connectivity index (χ3n) is 3.00. The highest BCUT2D eigenvalue weighted by Gasteiger charge is 2.23. The Kier molecular flexibility index (Phi) is 1.66. The van der Waals surface area contributed by atoms with E-state index in [0.717, 1.165) is 12.8 Å². The fourth-order valence-electron chi connectivity index (χ4n) is 2.24. The highest BCUT2D eigenvalue weighted by molar-refractivity contribution is 5.32. The van der Waals surface area contributed by atoms with E-state index in [1.54, 1.807) is 0 Å². The van der Waals surface area contributed by atoms with Crippen molar-refractivity contribution in [2.24, 2.45) is 0 Å². The maximum Gasteiger partial charge on any atom is 0.0522 e. The first kappa shape index (κ1) is 7.80. The van der Waals surface area contributed by atoms with Gasteiger partial charge >= 0.3 is 0 Å². The average molecular weight is 184 g/mol. The van der Waals surface area contributed by atoms with E-state index in [4.69, 9.17) is 0 Å². The zero-order valence-corrected chi connectivity index (χ0v) is 7.90. The number of fused-ring (bicyclic) bond motifs is 1. The third-order valence-corrected chi connectivity index (χ3v) is 3.00. The van der Waals surface area contributed by atoms with Gasteiger partial charge in [-0.1, -0.05) is 30.3 Å². The van der Waals surface area contributed by atoms with Gasteiger partial charge in [0.2, 0.25) is 0 Å². The lowest BCUT2D eigenvalue weighted by molar-refractivity contribution is 0.723. The summed E-state index contributed by atoms with van der Waals surface area (Å²) in [5.41, 5.74) is 4.15. The second-order valence-electron chi connectivity index (χ2n) is 3.89. The van der Waals surface area contributed by atoms with Gasteiger partial charge in [-0.25, -0.2) is 0 Å². The van der Waals surface area contributed by atoms with E-state index in [1.807, 2.05) is 6.20 Å². The quantitative estimate of drug-likeness (QED) is 0.723. The van der Waals surface area contributed by atoms with Crippen LogP contribution in [0.25, 0.3) is 0 Å². The summed E-state index contributed by atoms with van der Waals surface area (Å²) < 4.78 is 0. The molecule has 0 aliphatic heterocycles. The molecule has 0 saturated heterocycles. The van der Waals surface area contributed by atoms with Crippen LogP contribution in [0.1, 0.15) is 22.7 Å². The van der Waals surface area contributed by atoms with Crippen LogP contribution in [0.15, 0.2) is 36.5 Å². The predicted octanol–water partition coefficient (Wildman–Crippen LogP) is 2.29. The standard InChI is InChI=1S/C12H12N2/c1-2-4-9(5-3-1)10-6-11-8-13-14-12(11)7-10/h1-5,8,10H,6-7H2,(H,13,14). The molecule has 2 aromatic rings. The Balaban J connectivity index is 1.89. The first-order valence-electron chi connectivity index (χ1n) is 4.99. The molecule has 0 saturated carbocycles. The fourth-order valence-corrected chi connectivity index (χ4v) is 2.24. The number of aromatic amines is 1. The van der Waals surface area contributed by atoms with Crippen LogP contribution in [0, 0.1) is 0 Å². The largest absolute Gasteiger partial charge is 0.282 e. The molecule has 3 rings (SSSR count). The van der Waals surface area contributed by atoms with E-state index in [9.17, 15) is 0 Å². The fraction of sp³-hybridized carbons (Fsp3) is 0.250. The van der Waals surface area contributed by atoms with Crippen molar-refractivity contribution >= 4 is 0 Å². The van der Waals surface area contributed by atoms with Gasteiger partial charge in [-0.05, 0) is 29.9 Å². The van der Waals surface area contributed by atoms with Gasteiger partial charge in [0.25, 0.3) is 0 Å². The summed E-state index contributed by atoms with van der Waals surface area (Å²) in [5.74, 6) is 0.653. The number of H-pyrrole nitrogens is 1. The highest BCUT2D eigenvalue weighted by Crippen LogP contribution is 2.32. The number of rotatable bonds is 1. The predicted molar refractivity (Wildman–Crippen MR) is 55.2 cm³/mol. The maximum atomic E-state index is 4.05. The SMILES string of the molecule is c1ccc(C2Cc3cn[nH]c3C2)cc1. The van der Waals surface area contributed by atoms with Crippen LogP contribution in [0.3, 0.4) is 0 Å². The van der Waals surface area contributed by atoms with E-state index in [1.165, 1.54) is 16.8 Å². The van der Waals surface area contributed by atoms with Gasteiger partial charge in [-0.15, -0.1) is 0 Å². The zero-order chi connectivity index (χ0) is 9.38. The molecule has 70 valence electrons. The lowest BCUT2D eigenvalue weighted by atomic mass is 9.97. The first-order valence-corrected chi connectivity index (χ1v) is 4.99. The number of benzene rings is 1. The van der Waals surface area contributed by atoms with Gasteiger partial charge in [-0.2, -0.15) is 5.10 Å². The molecule has 1 heterocycles. The van der Waals surface area contributed by atoms with Crippen molar-refractivity contribution in [1.29, 1.82) is 0 Å². The van der Waals surface area contributed by atoms with Crippen LogP contribution in [0.5, 0.6) is 0 Å². The number of nitrogens with zero attached hydrogens (tertiary/aromatic N) is 1. The Bertz CT molecular complexity index is 410. The normalized spacial score (nSPS) is 19.6. The summed E-state index contributed by atoms with van der Waals surface area (Å²) in [6.45, 7) is 0. The van der Waals surface area contributed by atoms with Crippen molar-refractivity contribution in [3.63, 3.8) is 0 Å². The molecule has 1 aliphatic carbocycles. The summed E-state index contributed by atoms with van der Waals surface area (Å²) in [6.07, 6.45) is 4.20. The molecule has 0 spiro atoms. The monoisotopic (exact) mass is 184 g/mol. The average Bonchev–Trinajstić information content (AvgIpc) is 2.78. The Morgan fingerprint density at radius 1 is 1.14 bits per heavy atom. The van der Waals surface area contributed by atoms with Crippen molar-refractivity contribution in [3.8, 4) is 0 Å². The molecular formula is C12H12N2. The first-order chi connectivity index (χ1) is 6.93. The van der Waals surface area contributed by atoms with Gasteiger partial charge in [-0.3, -0.25) is 5.10 Å². The molecule has 1 atom stereocenters. The Hall–Kier alpha value is -1.57. The van der Waals surface area contributed by atoms with Gasteiger partial charge in [0, 0.05) is 5.69 Å². The smallest absolute Gasteiger partial charge is 0.0522 e. The summed E-state index contributed by atoms with van der Waals surface area (Å²) in [6, 6.07) is 10.7. The third kappa shape index (κ3) is 1.15. The van der Waals surface area contributed by atoms with Crippen molar-refractivity contribution < 1.29 is 0 Å². The molecule has 0 radical (unpaired) electrons. The molecular weight excluding hydrogens is 172 g/mol. The second kappa shape index (κ2) is 2.98. The van der Waals surface area contributed by atoms with E-state index >= 15 is 0 Å². The van der Waals surface area contributed by atoms with E-state index in [-0.39, 0.29) is 0 Å². The van der Waals surface area contributed by atoms with Crippen molar-refractivity contribution in [1.82, 2.24) is 10.2 Å². The zero-order valence-electron chi connectivity index (χ0n) is 7.90. The Labute approximate surface area is 83.0 Å². The lowest BCUT2D eigenvalue weighted by Gasteiger charge is -2.08. The van der Waals surface area contributed by atoms with E-state index in [0.29, 0.717) is 5.92 Å². The molecule has 2 nitrogen and oxygen atoms in total. The van der Waals surface area contributed by atoms with Crippen LogP contribution < -0.4 is 0 Å². The van der Waals surface area contributed by atoms with Gasteiger partial charge in [0.15, 0.2) is 0 Å². The van der Waals surface area contributed by atoms with Crippen molar-refractivity contribution in [2.75, 3.05) is 0 Å². The van der Waals surface area contributed by atoms with Crippen LogP contribution in [0.2, 0.25) is 0 Å². The minimum atomic E-state index is 0.653. The Morgan fingerprint density at radius 3 is 2.79 bits per heavy atom. The lowest BCUT2D eigenvalue weighted by Crippen LogP contribution is -1.98. The van der Waals surface area contributed by atoms with Crippen LogP contribution in [-0.4, -0.2) is 10.2 Å². The number of hydrogen-bond donors (Lipinski definition) is 1. The van der Waals surface area contributed by atoms with Gasteiger partial charge in [0.1, 0.15) is 0 Å². The molecule has 0 amide bonds. The second-order valence-corrected chi connectivity index (χ2v) is 3.89. The van der Waals surface area contributed by atoms with Crippen LogP contribution >= 0.6 is 0 Å². The molecule has 1 aliphatic rings. The molecule has 1 unspecified atom stereocenters. The summed E-state index contributed by atoms with van der Waals surface area (Å²) >= 11 is 0. The summed E-state index contributed by atoms with van der Waals surface area (Å²) in [4.78, 5) is 0. The van der Waals surface area contributed by atoms with Crippen molar-refractivity contribution in [3.05, 3.63) is 53.3 Å². The topological polar surface area (TPSA) is 28.7 Å². The summed E-state index contributed by atoms with van der Waals surface area (Å²) in [7, 11) is 0. The molecule has 0 bridgehead atoms. The number of aromatic nitrogens is 2. The minimum absolute atomic E-state index is 0.653. The highest BCUT2D eigenvalue weighted by atomic mass is 15.1.